The van der Waals surface area contributed by atoms with Gasteiger partial charge in [0.15, 0.2) is 0 Å². The summed E-state index contributed by atoms with van der Waals surface area (Å²) < 4.78 is 12.5. The number of para-hydroxylation sites is 2. The summed E-state index contributed by atoms with van der Waals surface area (Å²) in [6, 6.07) is 18.2. The number of amides is 1. The van der Waals surface area contributed by atoms with Crippen LogP contribution in [0.3, 0.4) is 0 Å². The highest BCUT2D eigenvalue weighted by atomic mass is 16.5. The SMILES string of the molecule is CCCCCCCOc1ccccc1NC(=O)OCC[N+]1(Cc2ccccc2)CCCCC1. The van der Waals surface area contributed by atoms with Gasteiger partial charge in [0.1, 0.15) is 25.4 Å². The largest absolute Gasteiger partial charge is 0.491 e. The Kier molecular flexibility index (Phi) is 10.6. The van der Waals surface area contributed by atoms with Gasteiger partial charge in [-0.25, -0.2) is 4.79 Å². The number of piperidine rings is 1. The Hall–Kier alpha value is -2.53. The predicted octanol–water partition coefficient (Wildman–Crippen LogP) is 6.79. The lowest BCUT2D eigenvalue weighted by Gasteiger charge is -2.41. The first kappa shape index (κ1) is 25.1. The van der Waals surface area contributed by atoms with E-state index in [-0.39, 0.29) is 0 Å². The van der Waals surface area contributed by atoms with Crippen LogP contribution in [0, 0.1) is 0 Å². The van der Waals surface area contributed by atoms with Crippen LogP contribution >= 0.6 is 0 Å². The lowest BCUT2D eigenvalue weighted by atomic mass is 10.1. The third-order valence-corrected chi connectivity index (χ3v) is 6.55. The molecule has 0 atom stereocenters. The molecule has 0 saturated carbocycles. The van der Waals surface area contributed by atoms with Crippen molar-refractivity contribution in [2.75, 3.05) is 38.2 Å². The van der Waals surface area contributed by atoms with Crippen molar-refractivity contribution in [2.45, 2.75) is 64.8 Å². The van der Waals surface area contributed by atoms with Gasteiger partial charge in [-0.2, -0.15) is 0 Å². The van der Waals surface area contributed by atoms with Gasteiger partial charge < -0.3 is 14.0 Å². The zero-order chi connectivity index (χ0) is 23.2. The van der Waals surface area contributed by atoms with E-state index in [1.165, 1.54) is 50.5 Å². The highest BCUT2D eigenvalue weighted by Gasteiger charge is 2.30. The number of hydrogen-bond donors (Lipinski definition) is 1. The number of unbranched alkanes of at least 4 members (excludes halogenated alkanes) is 4. The molecule has 0 unspecified atom stereocenters. The summed E-state index contributed by atoms with van der Waals surface area (Å²) in [5.74, 6) is 0.702. The number of likely N-dealkylation sites (tertiary alicyclic amines) is 1. The maximum atomic E-state index is 12.5. The van der Waals surface area contributed by atoms with E-state index < -0.39 is 6.09 Å². The van der Waals surface area contributed by atoms with Crippen LogP contribution in [0.2, 0.25) is 0 Å². The summed E-state index contributed by atoms with van der Waals surface area (Å²) >= 11 is 0. The molecule has 1 fully saturated rings. The van der Waals surface area contributed by atoms with Crippen LogP contribution in [0.4, 0.5) is 10.5 Å². The van der Waals surface area contributed by atoms with E-state index in [4.69, 9.17) is 9.47 Å². The third kappa shape index (κ3) is 8.73. The smallest absolute Gasteiger partial charge is 0.411 e. The predicted molar refractivity (Wildman–Crippen MR) is 135 cm³/mol. The molecule has 0 bridgehead atoms. The van der Waals surface area contributed by atoms with Crippen LogP contribution < -0.4 is 10.1 Å². The summed E-state index contributed by atoms with van der Waals surface area (Å²) in [5.41, 5.74) is 2.02. The number of hydrogen-bond acceptors (Lipinski definition) is 3. The third-order valence-electron chi connectivity index (χ3n) is 6.55. The molecule has 2 aromatic rings. The molecule has 0 radical (unpaired) electrons. The molecular formula is C28H41N2O3+. The van der Waals surface area contributed by atoms with E-state index in [2.05, 4.69) is 42.6 Å². The molecule has 0 aliphatic carbocycles. The first-order valence-corrected chi connectivity index (χ1v) is 12.8. The lowest BCUT2D eigenvalue weighted by Crippen LogP contribution is -2.52. The van der Waals surface area contributed by atoms with Crippen LogP contribution in [-0.2, 0) is 11.3 Å². The number of carbonyl (C=O) groups excluding carboxylic acids is 1. The van der Waals surface area contributed by atoms with Gasteiger partial charge in [-0.3, -0.25) is 5.32 Å². The molecule has 1 N–H and O–H groups in total. The normalized spacial score (nSPS) is 15.1. The Morgan fingerprint density at radius 2 is 1.61 bits per heavy atom. The van der Waals surface area contributed by atoms with E-state index in [1.54, 1.807) is 0 Å². The van der Waals surface area contributed by atoms with E-state index in [1.807, 2.05) is 24.3 Å². The Morgan fingerprint density at radius 3 is 2.39 bits per heavy atom. The van der Waals surface area contributed by atoms with Gasteiger partial charge in [0, 0.05) is 5.56 Å². The molecule has 5 heteroatoms. The van der Waals surface area contributed by atoms with E-state index in [0.717, 1.165) is 37.1 Å². The molecule has 1 heterocycles. The average molecular weight is 454 g/mol. The van der Waals surface area contributed by atoms with Crippen molar-refractivity contribution in [1.29, 1.82) is 0 Å². The van der Waals surface area contributed by atoms with Crippen molar-refractivity contribution in [1.82, 2.24) is 0 Å². The van der Waals surface area contributed by atoms with E-state index >= 15 is 0 Å². The van der Waals surface area contributed by atoms with Crippen molar-refractivity contribution < 1.29 is 18.8 Å². The maximum Gasteiger partial charge on any atom is 0.411 e. The fraction of sp³-hybridized carbons (Fsp3) is 0.536. The van der Waals surface area contributed by atoms with Crippen molar-refractivity contribution in [3.8, 4) is 5.75 Å². The number of carbonyl (C=O) groups is 1. The Labute approximate surface area is 199 Å². The molecule has 180 valence electrons. The van der Waals surface area contributed by atoms with Crippen molar-refractivity contribution in [3.63, 3.8) is 0 Å². The second-order valence-corrected chi connectivity index (χ2v) is 9.24. The second-order valence-electron chi connectivity index (χ2n) is 9.24. The molecule has 1 saturated heterocycles. The monoisotopic (exact) mass is 453 g/mol. The summed E-state index contributed by atoms with van der Waals surface area (Å²) in [4.78, 5) is 12.5. The van der Waals surface area contributed by atoms with E-state index in [0.29, 0.717) is 24.7 Å². The van der Waals surface area contributed by atoms with Crippen LogP contribution in [0.1, 0.15) is 63.9 Å². The van der Waals surface area contributed by atoms with Gasteiger partial charge >= 0.3 is 6.09 Å². The van der Waals surface area contributed by atoms with Crippen LogP contribution in [-0.4, -0.2) is 43.4 Å². The van der Waals surface area contributed by atoms with Gasteiger partial charge in [-0.15, -0.1) is 0 Å². The quantitative estimate of drug-likeness (QED) is 0.268. The van der Waals surface area contributed by atoms with Crippen molar-refractivity contribution >= 4 is 11.8 Å². The first-order chi connectivity index (χ1) is 16.2. The highest BCUT2D eigenvalue weighted by Crippen LogP contribution is 2.25. The Bertz CT molecular complexity index is 819. The Morgan fingerprint density at radius 1 is 0.879 bits per heavy atom. The maximum absolute atomic E-state index is 12.5. The number of nitrogens with zero attached hydrogens (tertiary/aromatic N) is 1. The minimum absolute atomic E-state index is 0.413. The molecular weight excluding hydrogens is 412 g/mol. The Balaban J connectivity index is 1.46. The molecule has 0 aromatic heterocycles. The average Bonchev–Trinajstić information content (AvgIpc) is 2.83. The van der Waals surface area contributed by atoms with Crippen molar-refractivity contribution in [3.05, 3.63) is 60.2 Å². The van der Waals surface area contributed by atoms with Crippen molar-refractivity contribution in [2.24, 2.45) is 0 Å². The molecule has 2 aromatic carbocycles. The number of anilines is 1. The number of benzene rings is 2. The summed E-state index contributed by atoms with van der Waals surface area (Å²) in [6.45, 7) is 7.44. The van der Waals surface area contributed by atoms with Gasteiger partial charge in [0.05, 0.1) is 25.4 Å². The molecule has 5 nitrogen and oxygen atoms in total. The van der Waals surface area contributed by atoms with Crippen LogP contribution in [0.15, 0.2) is 54.6 Å². The molecule has 33 heavy (non-hydrogen) atoms. The number of rotatable bonds is 13. The highest BCUT2D eigenvalue weighted by molar-refractivity contribution is 5.86. The second kappa shape index (κ2) is 13.9. The van der Waals surface area contributed by atoms with Gasteiger partial charge in [-0.05, 0) is 37.8 Å². The fourth-order valence-electron chi connectivity index (χ4n) is 4.68. The topological polar surface area (TPSA) is 47.6 Å². The van der Waals surface area contributed by atoms with Crippen LogP contribution in [0.5, 0.6) is 5.75 Å². The standard InChI is InChI=1S/C28H40N2O3/c1-2-3-4-5-14-22-32-27-18-11-10-17-26(27)29-28(31)33-23-21-30(19-12-7-13-20-30)24-25-15-8-6-9-16-25/h6,8-11,15-18H,2-5,7,12-14,19-24H2,1H3/p+1. The molecule has 3 rings (SSSR count). The van der Waals surface area contributed by atoms with Gasteiger partial charge in [0.2, 0.25) is 0 Å². The number of nitrogens with one attached hydrogen (secondary N) is 1. The zero-order valence-electron chi connectivity index (χ0n) is 20.3. The number of ether oxygens (including phenoxy) is 2. The molecule has 1 aliphatic rings. The zero-order valence-corrected chi connectivity index (χ0v) is 20.3. The molecule has 1 aliphatic heterocycles. The van der Waals surface area contributed by atoms with Gasteiger partial charge in [-0.1, -0.05) is 75.1 Å². The minimum Gasteiger partial charge on any atom is -0.491 e. The first-order valence-electron chi connectivity index (χ1n) is 12.8. The summed E-state index contributed by atoms with van der Waals surface area (Å²) in [7, 11) is 0. The number of quaternary nitrogens is 1. The van der Waals surface area contributed by atoms with E-state index in [9.17, 15) is 4.79 Å². The molecule has 1 amide bonds. The van der Waals surface area contributed by atoms with Gasteiger partial charge in [0.25, 0.3) is 0 Å². The van der Waals surface area contributed by atoms with Crippen LogP contribution in [0.25, 0.3) is 0 Å². The summed E-state index contributed by atoms with van der Waals surface area (Å²) in [6.07, 6.45) is 9.32. The minimum atomic E-state index is -0.413. The molecule has 0 spiro atoms. The lowest BCUT2D eigenvalue weighted by molar-refractivity contribution is -0.945. The summed E-state index contributed by atoms with van der Waals surface area (Å²) in [5, 5.41) is 2.88. The fourth-order valence-corrected chi connectivity index (χ4v) is 4.68.